The van der Waals surface area contributed by atoms with Gasteiger partial charge in [0.1, 0.15) is 11.3 Å². The number of hydrogen-bond donors (Lipinski definition) is 2. The van der Waals surface area contributed by atoms with E-state index in [4.69, 9.17) is 9.62 Å². The second kappa shape index (κ2) is 7.70. The van der Waals surface area contributed by atoms with Crippen LogP contribution in [0.1, 0.15) is 35.4 Å². The maximum absolute atomic E-state index is 11.4. The van der Waals surface area contributed by atoms with E-state index < -0.39 is 5.91 Å². The number of aromatic nitrogens is 2. The first kappa shape index (κ1) is 19.0. The minimum absolute atomic E-state index is 0.242. The Bertz CT molecular complexity index is 1010. The molecule has 0 unspecified atom stereocenters. The average Bonchev–Trinajstić information content (AvgIpc) is 3.37. The molecule has 3 aromatic rings. The Kier molecular flexibility index (Phi) is 4.88. The summed E-state index contributed by atoms with van der Waals surface area (Å²) in [5.41, 5.74) is 3.14. The molecule has 4 heterocycles. The smallest absolute Gasteiger partial charge is 0.277 e. The third-order valence-corrected chi connectivity index (χ3v) is 6.48. The summed E-state index contributed by atoms with van der Waals surface area (Å²) in [5, 5.41) is 9.86. The molecule has 0 bridgehead atoms. The summed E-state index contributed by atoms with van der Waals surface area (Å²) < 4.78 is 6.00. The standard InChI is InChI=1S/C22H25N5O3/c28-20(25-29)17-12-23-21(24-13-17)27-9-6-22(7-10-27)5-8-26(15-22)14-18-11-16-3-1-2-4-19(16)30-18/h1-4,11-13,29H,5-10,14-15H2,(H,25,28). The van der Waals surface area contributed by atoms with Crippen LogP contribution < -0.4 is 10.4 Å². The van der Waals surface area contributed by atoms with Gasteiger partial charge in [0.2, 0.25) is 5.95 Å². The minimum Gasteiger partial charge on any atom is -0.460 e. The van der Waals surface area contributed by atoms with Crippen LogP contribution in [0.3, 0.4) is 0 Å². The molecule has 1 spiro atoms. The normalized spacial score (nSPS) is 18.9. The lowest BCUT2D eigenvalue weighted by Crippen LogP contribution is -2.42. The van der Waals surface area contributed by atoms with Crippen LogP contribution in [0.2, 0.25) is 0 Å². The monoisotopic (exact) mass is 407 g/mol. The molecule has 1 amide bonds. The van der Waals surface area contributed by atoms with Crippen molar-refractivity contribution in [2.45, 2.75) is 25.8 Å². The van der Waals surface area contributed by atoms with Gasteiger partial charge in [-0.15, -0.1) is 0 Å². The van der Waals surface area contributed by atoms with Gasteiger partial charge in [0.05, 0.1) is 12.1 Å². The zero-order valence-corrected chi connectivity index (χ0v) is 16.8. The van der Waals surface area contributed by atoms with Gasteiger partial charge in [-0.3, -0.25) is 14.9 Å². The van der Waals surface area contributed by atoms with Crippen LogP contribution in [-0.2, 0) is 6.54 Å². The van der Waals surface area contributed by atoms with Gasteiger partial charge in [0.25, 0.3) is 5.91 Å². The maximum Gasteiger partial charge on any atom is 0.277 e. The summed E-state index contributed by atoms with van der Waals surface area (Å²) in [6.45, 7) is 4.86. The van der Waals surface area contributed by atoms with Gasteiger partial charge in [-0.25, -0.2) is 15.4 Å². The molecule has 8 nitrogen and oxygen atoms in total. The Morgan fingerprint density at radius 2 is 1.87 bits per heavy atom. The van der Waals surface area contributed by atoms with Crippen LogP contribution in [-0.4, -0.2) is 52.2 Å². The van der Waals surface area contributed by atoms with Crippen LogP contribution in [0.15, 0.2) is 47.1 Å². The number of hydrogen-bond acceptors (Lipinski definition) is 7. The molecule has 0 atom stereocenters. The largest absolute Gasteiger partial charge is 0.460 e. The molecule has 8 heteroatoms. The zero-order valence-electron chi connectivity index (χ0n) is 16.8. The molecule has 0 saturated carbocycles. The fraction of sp³-hybridized carbons (Fsp3) is 0.409. The molecule has 156 valence electrons. The van der Waals surface area contributed by atoms with Crippen molar-refractivity contribution in [3.05, 3.63) is 54.0 Å². The highest BCUT2D eigenvalue weighted by molar-refractivity contribution is 5.92. The van der Waals surface area contributed by atoms with E-state index in [1.165, 1.54) is 18.8 Å². The van der Waals surface area contributed by atoms with Crippen LogP contribution in [0.25, 0.3) is 11.0 Å². The van der Waals surface area contributed by atoms with E-state index in [1.807, 2.05) is 18.2 Å². The van der Waals surface area contributed by atoms with Gasteiger partial charge >= 0.3 is 0 Å². The Balaban J connectivity index is 1.18. The molecule has 2 fully saturated rings. The predicted molar refractivity (Wildman–Crippen MR) is 111 cm³/mol. The van der Waals surface area contributed by atoms with Crippen LogP contribution in [0.4, 0.5) is 5.95 Å². The van der Waals surface area contributed by atoms with Gasteiger partial charge in [0.15, 0.2) is 0 Å². The lowest BCUT2D eigenvalue weighted by molar-refractivity contribution is 0.0705. The number of carbonyl (C=O) groups is 1. The molecular formula is C22H25N5O3. The highest BCUT2D eigenvalue weighted by Gasteiger charge is 2.41. The first-order chi connectivity index (χ1) is 14.6. The van der Waals surface area contributed by atoms with Crippen molar-refractivity contribution < 1.29 is 14.4 Å². The van der Waals surface area contributed by atoms with Crippen LogP contribution in [0.5, 0.6) is 0 Å². The Hall–Kier alpha value is -2.97. The highest BCUT2D eigenvalue weighted by atomic mass is 16.5. The Labute approximate surface area is 174 Å². The summed E-state index contributed by atoms with van der Waals surface area (Å²) in [7, 11) is 0. The topological polar surface area (TPSA) is 94.7 Å². The van der Waals surface area contributed by atoms with Crippen molar-refractivity contribution in [1.29, 1.82) is 0 Å². The summed E-state index contributed by atoms with van der Waals surface area (Å²) in [6, 6.07) is 10.3. The van der Waals surface area contributed by atoms with Crippen molar-refractivity contribution in [1.82, 2.24) is 20.3 Å². The quantitative estimate of drug-likeness (QED) is 0.507. The van der Waals surface area contributed by atoms with E-state index in [9.17, 15) is 4.79 Å². The van der Waals surface area contributed by atoms with E-state index in [1.54, 1.807) is 5.48 Å². The van der Waals surface area contributed by atoms with Crippen molar-refractivity contribution >= 4 is 22.8 Å². The molecule has 2 N–H and O–H groups in total. The molecule has 0 aliphatic carbocycles. The highest BCUT2D eigenvalue weighted by Crippen LogP contribution is 2.41. The van der Waals surface area contributed by atoms with E-state index in [0.29, 0.717) is 11.4 Å². The number of piperidine rings is 1. The van der Waals surface area contributed by atoms with Gasteiger partial charge < -0.3 is 9.32 Å². The number of furan rings is 1. The second-order valence-corrected chi connectivity index (χ2v) is 8.41. The number of rotatable bonds is 4. The molecule has 1 aromatic carbocycles. The number of carbonyl (C=O) groups excluding carboxylic acids is 1. The van der Waals surface area contributed by atoms with Gasteiger partial charge in [0, 0.05) is 37.4 Å². The molecule has 0 radical (unpaired) electrons. The number of nitrogens with one attached hydrogen (secondary N) is 1. The lowest BCUT2D eigenvalue weighted by atomic mass is 9.78. The van der Waals surface area contributed by atoms with Gasteiger partial charge in [-0.2, -0.15) is 0 Å². The van der Waals surface area contributed by atoms with Crippen LogP contribution in [0, 0.1) is 5.41 Å². The number of amides is 1. The maximum atomic E-state index is 11.4. The number of nitrogens with zero attached hydrogens (tertiary/aromatic N) is 4. The van der Waals surface area contributed by atoms with Crippen molar-refractivity contribution in [2.24, 2.45) is 5.41 Å². The molecule has 5 rings (SSSR count). The molecular weight excluding hydrogens is 382 g/mol. The number of fused-ring (bicyclic) bond motifs is 1. The minimum atomic E-state index is -0.602. The Morgan fingerprint density at radius 3 is 2.60 bits per heavy atom. The summed E-state index contributed by atoms with van der Waals surface area (Å²) >= 11 is 0. The molecule has 30 heavy (non-hydrogen) atoms. The first-order valence-electron chi connectivity index (χ1n) is 10.4. The third-order valence-electron chi connectivity index (χ3n) is 6.48. The Morgan fingerprint density at radius 1 is 1.13 bits per heavy atom. The van der Waals surface area contributed by atoms with E-state index in [0.717, 1.165) is 62.3 Å². The number of para-hydroxylation sites is 1. The zero-order chi connectivity index (χ0) is 20.6. The fourth-order valence-electron chi connectivity index (χ4n) is 4.75. The summed E-state index contributed by atoms with van der Waals surface area (Å²) in [5.74, 6) is 1.07. The summed E-state index contributed by atoms with van der Waals surface area (Å²) in [6.07, 6.45) is 6.31. The molecule has 2 aliphatic rings. The number of likely N-dealkylation sites (tertiary alicyclic amines) is 1. The molecule has 2 aromatic heterocycles. The van der Waals surface area contributed by atoms with E-state index in [2.05, 4.69) is 31.9 Å². The van der Waals surface area contributed by atoms with Crippen molar-refractivity contribution in [3.63, 3.8) is 0 Å². The van der Waals surface area contributed by atoms with E-state index >= 15 is 0 Å². The second-order valence-electron chi connectivity index (χ2n) is 8.41. The fourth-order valence-corrected chi connectivity index (χ4v) is 4.75. The van der Waals surface area contributed by atoms with Crippen LogP contribution >= 0.6 is 0 Å². The SMILES string of the molecule is O=C(NO)c1cnc(N2CCC3(CCN(Cc4cc5ccccc5o4)C3)CC2)nc1. The first-order valence-corrected chi connectivity index (χ1v) is 10.4. The lowest BCUT2D eigenvalue weighted by Gasteiger charge is -2.39. The molecule has 2 saturated heterocycles. The predicted octanol–water partition coefficient (Wildman–Crippen LogP) is 2.83. The third kappa shape index (κ3) is 3.64. The van der Waals surface area contributed by atoms with E-state index in [-0.39, 0.29) is 5.56 Å². The average molecular weight is 407 g/mol. The van der Waals surface area contributed by atoms with Crippen molar-refractivity contribution in [2.75, 3.05) is 31.1 Å². The number of hydroxylamine groups is 1. The van der Waals surface area contributed by atoms with Crippen molar-refractivity contribution in [3.8, 4) is 0 Å². The van der Waals surface area contributed by atoms with Gasteiger partial charge in [-0.05, 0) is 43.4 Å². The number of anilines is 1. The molecule has 2 aliphatic heterocycles. The summed E-state index contributed by atoms with van der Waals surface area (Å²) in [4.78, 5) is 24.7. The van der Waals surface area contributed by atoms with Gasteiger partial charge in [-0.1, -0.05) is 18.2 Å². The number of benzene rings is 1.